The average Bonchev–Trinajstić information content (AvgIpc) is 2.09. The minimum Gasteiger partial charge on any atom is -0.393 e. The number of hydrogen-bond acceptors (Lipinski definition) is 3. The van der Waals surface area contributed by atoms with E-state index < -0.39 is 6.04 Å². The third-order valence-corrected chi connectivity index (χ3v) is 2.55. The van der Waals surface area contributed by atoms with Crippen molar-refractivity contribution in [3.05, 3.63) is 0 Å². The molecule has 1 rings (SSSR count). The Bertz CT molecular complexity index is 141. The maximum atomic E-state index is 10.1. The summed E-state index contributed by atoms with van der Waals surface area (Å²) in [5.74, 6) is 0.518. The number of aliphatic hydroxyl groups excluding tert-OH is 1. The molecule has 0 aliphatic heterocycles. The first-order valence-electron chi connectivity index (χ1n) is 4.53. The van der Waals surface area contributed by atoms with Gasteiger partial charge >= 0.3 is 0 Å². The highest BCUT2D eigenvalue weighted by Crippen LogP contribution is 2.26. The van der Waals surface area contributed by atoms with Gasteiger partial charge in [0.05, 0.1) is 12.1 Å². The number of nitrogens with two attached hydrogens (primary N) is 1. The van der Waals surface area contributed by atoms with E-state index in [4.69, 9.17) is 5.73 Å². The zero-order valence-electron chi connectivity index (χ0n) is 7.20. The van der Waals surface area contributed by atoms with Gasteiger partial charge in [-0.05, 0) is 38.0 Å². The maximum absolute atomic E-state index is 10.1. The molecule has 0 spiro atoms. The molecule has 0 amide bonds. The molecule has 1 radical (unpaired) electrons. The van der Waals surface area contributed by atoms with Crippen LogP contribution in [0.2, 0.25) is 0 Å². The van der Waals surface area contributed by atoms with Gasteiger partial charge in [0.1, 0.15) is 0 Å². The fraction of sp³-hybridized carbons (Fsp3) is 0.889. The first kappa shape index (κ1) is 9.68. The summed E-state index contributed by atoms with van der Waals surface area (Å²) in [6.07, 6.45) is 6.10. The molecule has 0 saturated heterocycles. The lowest BCUT2D eigenvalue weighted by Gasteiger charge is -2.25. The fourth-order valence-electron chi connectivity index (χ4n) is 1.79. The highest BCUT2D eigenvalue weighted by atomic mass is 16.3. The van der Waals surface area contributed by atoms with Crippen molar-refractivity contribution in [2.24, 2.45) is 11.7 Å². The molecular weight excluding hydrogens is 154 g/mol. The molecule has 3 heteroatoms. The van der Waals surface area contributed by atoms with Gasteiger partial charge in [0.15, 0.2) is 0 Å². The molecule has 1 fully saturated rings. The molecule has 1 aliphatic rings. The molecule has 1 aliphatic carbocycles. The molecule has 1 atom stereocenters. The molecule has 0 aromatic carbocycles. The summed E-state index contributed by atoms with van der Waals surface area (Å²) in [5.41, 5.74) is 5.45. The minimum atomic E-state index is -0.426. The van der Waals surface area contributed by atoms with Gasteiger partial charge < -0.3 is 10.8 Å². The van der Waals surface area contributed by atoms with Gasteiger partial charge in [-0.3, -0.25) is 4.79 Å². The lowest BCUT2D eigenvalue weighted by molar-refractivity contribution is 0.106. The van der Waals surface area contributed by atoms with Gasteiger partial charge in [-0.25, -0.2) is 0 Å². The second-order valence-corrected chi connectivity index (χ2v) is 3.63. The minimum absolute atomic E-state index is 0.127. The number of rotatable bonds is 3. The van der Waals surface area contributed by atoms with Gasteiger partial charge in [0.2, 0.25) is 6.29 Å². The van der Waals surface area contributed by atoms with Crippen LogP contribution < -0.4 is 5.73 Å². The summed E-state index contributed by atoms with van der Waals surface area (Å²) in [5, 5.41) is 9.21. The van der Waals surface area contributed by atoms with E-state index in [9.17, 15) is 9.90 Å². The van der Waals surface area contributed by atoms with Crippen molar-refractivity contribution in [3.8, 4) is 0 Å². The predicted octanol–water partition coefficient (Wildman–Crippen LogP) is 0.365. The van der Waals surface area contributed by atoms with Gasteiger partial charge in [0.25, 0.3) is 0 Å². The van der Waals surface area contributed by atoms with Crippen LogP contribution in [0.25, 0.3) is 0 Å². The molecule has 3 nitrogen and oxygen atoms in total. The highest BCUT2D eigenvalue weighted by Gasteiger charge is 2.21. The van der Waals surface area contributed by atoms with Crippen LogP contribution in [0.3, 0.4) is 0 Å². The SMILES string of the molecule is N[C@H]([C]=O)CC1CCC(O)CC1. The first-order valence-corrected chi connectivity index (χ1v) is 4.53. The molecule has 0 heterocycles. The van der Waals surface area contributed by atoms with Crippen LogP contribution in [0.4, 0.5) is 0 Å². The summed E-state index contributed by atoms with van der Waals surface area (Å²) in [6.45, 7) is 0. The molecular formula is C9H16NO2. The molecule has 12 heavy (non-hydrogen) atoms. The van der Waals surface area contributed by atoms with Crippen molar-refractivity contribution in [2.75, 3.05) is 0 Å². The van der Waals surface area contributed by atoms with Crippen molar-refractivity contribution in [1.29, 1.82) is 0 Å². The average molecular weight is 170 g/mol. The lowest BCUT2D eigenvalue weighted by Crippen LogP contribution is -2.28. The highest BCUT2D eigenvalue weighted by molar-refractivity contribution is 5.57. The lowest BCUT2D eigenvalue weighted by atomic mass is 9.84. The van der Waals surface area contributed by atoms with Crippen molar-refractivity contribution < 1.29 is 9.90 Å². The molecule has 0 aromatic rings. The summed E-state index contributed by atoms with van der Waals surface area (Å²) < 4.78 is 0. The van der Waals surface area contributed by atoms with Gasteiger partial charge in [-0.15, -0.1) is 0 Å². The van der Waals surface area contributed by atoms with E-state index in [2.05, 4.69) is 0 Å². The predicted molar refractivity (Wildman–Crippen MR) is 46.3 cm³/mol. The van der Waals surface area contributed by atoms with Crippen LogP contribution in [0.5, 0.6) is 0 Å². The standard InChI is InChI=1S/C9H16NO2/c10-8(6-11)5-7-1-3-9(12)4-2-7/h7-9,12H,1-5,10H2/t7?,8-,9?/m0/s1. The smallest absolute Gasteiger partial charge is 0.216 e. The Morgan fingerprint density at radius 2 is 2.00 bits per heavy atom. The van der Waals surface area contributed by atoms with Crippen LogP contribution in [-0.2, 0) is 4.79 Å². The fourth-order valence-corrected chi connectivity index (χ4v) is 1.79. The van der Waals surface area contributed by atoms with Crippen molar-refractivity contribution in [1.82, 2.24) is 0 Å². The third-order valence-electron chi connectivity index (χ3n) is 2.55. The van der Waals surface area contributed by atoms with Gasteiger partial charge in [-0.1, -0.05) is 0 Å². The molecule has 0 bridgehead atoms. The van der Waals surface area contributed by atoms with Gasteiger partial charge in [0, 0.05) is 0 Å². The Morgan fingerprint density at radius 1 is 1.42 bits per heavy atom. The van der Waals surface area contributed by atoms with E-state index in [0.717, 1.165) is 32.1 Å². The number of aliphatic hydroxyl groups is 1. The van der Waals surface area contributed by atoms with Crippen LogP contribution >= 0.6 is 0 Å². The number of hydrogen-bond donors (Lipinski definition) is 2. The molecule has 3 N–H and O–H groups in total. The Morgan fingerprint density at radius 3 is 2.50 bits per heavy atom. The van der Waals surface area contributed by atoms with E-state index in [1.807, 2.05) is 0 Å². The summed E-state index contributed by atoms with van der Waals surface area (Å²) in [6, 6.07) is -0.426. The normalized spacial score (nSPS) is 32.8. The Kier molecular flexibility index (Phi) is 3.69. The molecule has 1 saturated carbocycles. The van der Waals surface area contributed by atoms with E-state index in [-0.39, 0.29) is 6.10 Å². The van der Waals surface area contributed by atoms with Crippen molar-refractivity contribution in [2.45, 2.75) is 44.2 Å². The van der Waals surface area contributed by atoms with Crippen LogP contribution in [0, 0.1) is 5.92 Å². The zero-order valence-corrected chi connectivity index (χ0v) is 7.20. The Hall–Kier alpha value is -0.410. The third kappa shape index (κ3) is 2.91. The summed E-state index contributed by atoms with van der Waals surface area (Å²) >= 11 is 0. The maximum Gasteiger partial charge on any atom is 0.216 e. The second kappa shape index (κ2) is 4.58. The van der Waals surface area contributed by atoms with E-state index in [1.165, 1.54) is 0 Å². The molecule has 0 unspecified atom stereocenters. The second-order valence-electron chi connectivity index (χ2n) is 3.63. The molecule has 0 aromatic heterocycles. The molecule has 69 valence electrons. The van der Waals surface area contributed by atoms with Crippen molar-refractivity contribution in [3.63, 3.8) is 0 Å². The van der Waals surface area contributed by atoms with E-state index in [0.29, 0.717) is 5.92 Å². The summed E-state index contributed by atoms with van der Waals surface area (Å²) in [7, 11) is 0. The number of carbonyl (C=O) groups excluding carboxylic acids is 1. The zero-order chi connectivity index (χ0) is 8.97. The van der Waals surface area contributed by atoms with Gasteiger partial charge in [-0.2, -0.15) is 0 Å². The topological polar surface area (TPSA) is 63.3 Å². The largest absolute Gasteiger partial charge is 0.393 e. The Balaban J connectivity index is 2.21. The summed E-state index contributed by atoms with van der Waals surface area (Å²) in [4.78, 5) is 10.1. The van der Waals surface area contributed by atoms with E-state index >= 15 is 0 Å². The quantitative estimate of drug-likeness (QED) is 0.643. The Labute approximate surface area is 72.9 Å². The first-order chi connectivity index (χ1) is 5.72. The van der Waals surface area contributed by atoms with E-state index in [1.54, 1.807) is 6.29 Å². The van der Waals surface area contributed by atoms with Crippen molar-refractivity contribution >= 4 is 6.29 Å². The monoisotopic (exact) mass is 170 g/mol. The van der Waals surface area contributed by atoms with Crippen LogP contribution in [0.15, 0.2) is 0 Å². The van der Waals surface area contributed by atoms with Crippen LogP contribution in [-0.4, -0.2) is 23.5 Å². The van der Waals surface area contributed by atoms with Crippen LogP contribution in [0.1, 0.15) is 32.1 Å².